The van der Waals surface area contributed by atoms with Gasteiger partial charge in [0.2, 0.25) is 6.39 Å². The van der Waals surface area contributed by atoms with Crippen molar-refractivity contribution in [1.29, 1.82) is 0 Å². The van der Waals surface area contributed by atoms with Gasteiger partial charge in [-0.2, -0.15) is 4.98 Å². The topological polar surface area (TPSA) is 51.0 Å². The predicted octanol–water partition coefficient (Wildman–Crippen LogP) is 2.19. The van der Waals surface area contributed by atoms with Crippen LogP contribution in [0, 0.1) is 5.82 Å². The number of halogens is 2. The van der Waals surface area contributed by atoms with Crippen LogP contribution in [0.15, 0.2) is 29.1 Å². The van der Waals surface area contributed by atoms with Crippen molar-refractivity contribution in [1.82, 2.24) is 15.5 Å². The summed E-state index contributed by atoms with van der Waals surface area (Å²) in [7, 11) is 0. The van der Waals surface area contributed by atoms with E-state index in [4.69, 9.17) is 11.6 Å². The molecule has 0 saturated heterocycles. The van der Waals surface area contributed by atoms with Crippen molar-refractivity contribution in [3.63, 3.8) is 0 Å². The molecule has 0 atom stereocenters. The molecule has 0 aliphatic rings. The average Bonchev–Trinajstić information content (AvgIpc) is 2.79. The van der Waals surface area contributed by atoms with Crippen LogP contribution in [0.3, 0.4) is 0 Å². The van der Waals surface area contributed by atoms with Crippen molar-refractivity contribution >= 4 is 11.6 Å². The zero-order chi connectivity index (χ0) is 12.1. The van der Waals surface area contributed by atoms with Gasteiger partial charge < -0.3 is 9.84 Å². The third-order valence-electron chi connectivity index (χ3n) is 2.26. The van der Waals surface area contributed by atoms with Gasteiger partial charge in [0.05, 0.1) is 0 Å². The Morgan fingerprint density at radius 1 is 1.41 bits per heavy atom. The van der Waals surface area contributed by atoms with Crippen LogP contribution in [0.25, 0.3) is 0 Å². The molecule has 1 aromatic carbocycles. The summed E-state index contributed by atoms with van der Waals surface area (Å²) in [4.78, 5) is 3.90. The monoisotopic (exact) mass is 255 g/mol. The lowest BCUT2D eigenvalue weighted by Gasteiger charge is -2.05. The Morgan fingerprint density at radius 2 is 2.29 bits per heavy atom. The van der Waals surface area contributed by atoms with Crippen molar-refractivity contribution < 1.29 is 8.91 Å². The number of benzene rings is 1. The summed E-state index contributed by atoms with van der Waals surface area (Å²) >= 11 is 5.89. The van der Waals surface area contributed by atoms with E-state index in [2.05, 4.69) is 20.0 Å². The summed E-state index contributed by atoms with van der Waals surface area (Å²) in [5.74, 6) is 0.327. The van der Waals surface area contributed by atoms with Gasteiger partial charge in [0.1, 0.15) is 5.82 Å². The minimum absolute atomic E-state index is 0.328. The number of aromatic nitrogens is 2. The molecule has 0 unspecified atom stereocenters. The van der Waals surface area contributed by atoms with E-state index < -0.39 is 0 Å². The molecular formula is C11H11ClFN3O. The molecule has 1 aromatic heterocycles. The highest BCUT2D eigenvalue weighted by molar-refractivity contribution is 6.31. The molecule has 0 aliphatic heterocycles. The van der Waals surface area contributed by atoms with Crippen molar-refractivity contribution in [2.75, 3.05) is 6.54 Å². The maximum absolute atomic E-state index is 12.8. The molecule has 17 heavy (non-hydrogen) atoms. The first kappa shape index (κ1) is 12.0. The number of hydrogen-bond donors (Lipinski definition) is 1. The van der Waals surface area contributed by atoms with E-state index >= 15 is 0 Å². The summed E-state index contributed by atoms with van der Waals surface area (Å²) in [5.41, 5.74) is 0.862. The predicted molar refractivity (Wildman–Crippen MR) is 61.1 cm³/mol. The second-order valence-corrected chi connectivity index (χ2v) is 3.92. The van der Waals surface area contributed by atoms with Gasteiger partial charge in [0.15, 0.2) is 5.82 Å². The number of rotatable bonds is 5. The second kappa shape index (κ2) is 5.75. The zero-order valence-electron chi connectivity index (χ0n) is 8.99. The van der Waals surface area contributed by atoms with Gasteiger partial charge in [-0.25, -0.2) is 4.39 Å². The van der Waals surface area contributed by atoms with E-state index in [1.807, 2.05) is 0 Å². The lowest BCUT2D eigenvalue weighted by molar-refractivity contribution is 0.409. The van der Waals surface area contributed by atoms with E-state index in [1.54, 1.807) is 6.07 Å². The van der Waals surface area contributed by atoms with Crippen molar-refractivity contribution in [3.8, 4) is 0 Å². The van der Waals surface area contributed by atoms with Crippen LogP contribution in [0.1, 0.15) is 11.4 Å². The highest BCUT2D eigenvalue weighted by Gasteiger charge is 2.02. The number of nitrogens with one attached hydrogen (secondary N) is 1. The largest absolute Gasteiger partial charge is 0.343 e. The summed E-state index contributed by atoms with van der Waals surface area (Å²) in [6.07, 6.45) is 1.97. The molecule has 2 rings (SSSR count). The summed E-state index contributed by atoms with van der Waals surface area (Å²) in [6.45, 7) is 1.28. The molecule has 90 valence electrons. The van der Waals surface area contributed by atoms with Crippen LogP contribution in [0.2, 0.25) is 5.02 Å². The van der Waals surface area contributed by atoms with Gasteiger partial charge in [-0.3, -0.25) is 0 Å². The number of nitrogens with zero attached hydrogens (tertiary/aromatic N) is 2. The van der Waals surface area contributed by atoms with Crippen molar-refractivity contribution in [3.05, 3.63) is 46.8 Å². The van der Waals surface area contributed by atoms with Crippen LogP contribution in [-0.2, 0) is 13.0 Å². The van der Waals surface area contributed by atoms with Crippen LogP contribution in [-0.4, -0.2) is 16.7 Å². The lowest BCUT2D eigenvalue weighted by Crippen LogP contribution is -2.17. The normalized spacial score (nSPS) is 10.7. The molecule has 0 bridgehead atoms. The van der Waals surface area contributed by atoms with Gasteiger partial charge >= 0.3 is 0 Å². The van der Waals surface area contributed by atoms with Crippen LogP contribution in [0.4, 0.5) is 4.39 Å². The summed E-state index contributed by atoms with van der Waals surface area (Å²) < 4.78 is 17.4. The van der Waals surface area contributed by atoms with E-state index in [-0.39, 0.29) is 5.82 Å². The van der Waals surface area contributed by atoms with Crippen LogP contribution in [0.5, 0.6) is 0 Å². The van der Waals surface area contributed by atoms with Gasteiger partial charge in [-0.15, -0.1) is 0 Å². The fourth-order valence-electron chi connectivity index (χ4n) is 1.39. The standard InChI is InChI=1S/C11H11ClFN3O/c12-10-5-9(13)2-1-8(10)6-14-4-3-11-15-7-17-16-11/h1-2,5,7,14H,3-4,6H2. The third-order valence-corrected chi connectivity index (χ3v) is 2.61. The highest BCUT2D eigenvalue weighted by atomic mass is 35.5. The Labute approximate surface area is 103 Å². The first-order chi connectivity index (χ1) is 8.25. The first-order valence-electron chi connectivity index (χ1n) is 5.15. The quantitative estimate of drug-likeness (QED) is 0.832. The maximum Gasteiger partial charge on any atom is 0.213 e. The highest BCUT2D eigenvalue weighted by Crippen LogP contribution is 2.16. The second-order valence-electron chi connectivity index (χ2n) is 3.51. The van der Waals surface area contributed by atoms with Crippen LogP contribution < -0.4 is 5.32 Å². The van der Waals surface area contributed by atoms with Gasteiger partial charge in [-0.1, -0.05) is 22.8 Å². The minimum atomic E-state index is -0.328. The van der Waals surface area contributed by atoms with E-state index in [1.165, 1.54) is 18.5 Å². The molecule has 0 amide bonds. The molecule has 0 radical (unpaired) electrons. The molecule has 0 aliphatic carbocycles. The summed E-state index contributed by atoms with van der Waals surface area (Å²) in [5, 5.41) is 7.29. The van der Waals surface area contributed by atoms with Gasteiger partial charge in [0.25, 0.3) is 0 Å². The molecule has 0 fully saturated rings. The Balaban J connectivity index is 1.78. The Morgan fingerprint density at radius 3 is 3.00 bits per heavy atom. The molecule has 2 aromatic rings. The Hall–Kier alpha value is -1.46. The smallest absolute Gasteiger partial charge is 0.213 e. The van der Waals surface area contributed by atoms with E-state index in [0.29, 0.717) is 30.4 Å². The third kappa shape index (κ3) is 3.51. The zero-order valence-corrected chi connectivity index (χ0v) is 9.75. The fourth-order valence-corrected chi connectivity index (χ4v) is 1.62. The lowest BCUT2D eigenvalue weighted by atomic mass is 10.2. The van der Waals surface area contributed by atoms with Gasteiger partial charge in [0, 0.05) is 24.5 Å². The first-order valence-corrected chi connectivity index (χ1v) is 5.53. The molecule has 1 N–H and O–H groups in total. The van der Waals surface area contributed by atoms with Gasteiger partial charge in [-0.05, 0) is 17.7 Å². The van der Waals surface area contributed by atoms with E-state index in [9.17, 15) is 4.39 Å². The molecule has 6 heteroatoms. The SMILES string of the molecule is Fc1ccc(CNCCc2ncon2)c(Cl)c1. The molecule has 1 heterocycles. The van der Waals surface area contributed by atoms with E-state index in [0.717, 1.165) is 5.56 Å². The Bertz CT molecular complexity index is 476. The maximum atomic E-state index is 12.8. The fraction of sp³-hybridized carbons (Fsp3) is 0.273. The number of hydrogen-bond acceptors (Lipinski definition) is 4. The molecule has 4 nitrogen and oxygen atoms in total. The molecular weight excluding hydrogens is 245 g/mol. The van der Waals surface area contributed by atoms with Crippen LogP contribution >= 0.6 is 11.6 Å². The minimum Gasteiger partial charge on any atom is -0.343 e. The Kier molecular flexibility index (Phi) is 4.06. The molecule has 0 saturated carbocycles. The average molecular weight is 256 g/mol. The van der Waals surface area contributed by atoms with Crippen molar-refractivity contribution in [2.24, 2.45) is 0 Å². The molecule has 0 spiro atoms. The summed E-state index contributed by atoms with van der Waals surface area (Å²) in [6, 6.07) is 4.36. The van der Waals surface area contributed by atoms with Crippen molar-refractivity contribution in [2.45, 2.75) is 13.0 Å².